The van der Waals surface area contributed by atoms with Crippen molar-refractivity contribution in [2.24, 2.45) is 0 Å². The summed E-state index contributed by atoms with van der Waals surface area (Å²) in [5.41, 5.74) is 4.97. The summed E-state index contributed by atoms with van der Waals surface area (Å²) in [4.78, 5) is 11.0. The van der Waals surface area contributed by atoms with Crippen LogP contribution in [0.2, 0.25) is 0 Å². The van der Waals surface area contributed by atoms with Gasteiger partial charge in [-0.15, -0.1) is 0 Å². The molecule has 1 N–H and O–H groups in total. The van der Waals surface area contributed by atoms with Crippen LogP contribution >= 0.6 is 0 Å². The molecule has 0 aliphatic rings. The molecule has 3 heteroatoms. The minimum atomic E-state index is -0.174. The number of carbonyl (C=O) groups excluding carboxylic acids is 1. The minimum absolute atomic E-state index is 0.0299. The molecule has 0 aliphatic carbocycles. The van der Waals surface area contributed by atoms with Crippen LogP contribution in [0.5, 0.6) is 0 Å². The largest absolute Gasteiger partial charge is 0.358 e. The quantitative estimate of drug-likeness (QED) is 0.781. The third-order valence-corrected chi connectivity index (χ3v) is 6.53. The van der Waals surface area contributed by atoms with Crippen molar-refractivity contribution in [3.63, 3.8) is 0 Å². The van der Waals surface area contributed by atoms with Gasteiger partial charge in [-0.2, -0.15) is 0 Å². The number of carbonyl (C=O) groups is 1. The molecule has 0 aliphatic heterocycles. The van der Waals surface area contributed by atoms with E-state index in [4.69, 9.17) is 0 Å². The molecule has 0 saturated carbocycles. The van der Waals surface area contributed by atoms with E-state index in [0.717, 1.165) is 5.69 Å². The number of hydrogen-bond acceptors (Lipinski definition) is 1. The molecule has 1 amide bonds. The molecule has 0 fully saturated rings. The summed E-state index contributed by atoms with van der Waals surface area (Å²) in [6.45, 7) is 8.06. The molecule has 0 radical (unpaired) electrons. The molecule has 2 rings (SSSR count). The Labute approximate surface area is 130 Å². The zero-order chi connectivity index (χ0) is 14.7. The molecule has 2 aromatic rings. The van der Waals surface area contributed by atoms with Gasteiger partial charge in [0, 0.05) is 23.7 Å². The van der Waals surface area contributed by atoms with Gasteiger partial charge in [-0.25, -0.2) is 0 Å². The highest BCUT2D eigenvalue weighted by molar-refractivity contribution is 5.88. The fourth-order valence-corrected chi connectivity index (χ4v) is 4.72. The van der Waals surface area contributed by atoms with Crippen LogP contribution in [0.1, 0.15) is 23.6 Å². The van der Waals surface area contributed by atoms with Gasteiger partial charge in [-0.3, -0.25) is 4.79 Å². The van der Waals surface area contributed by atoms with Gasteiger partial charge in [0.15, 0.2) is 7.14 Å². The Balaban J connectivity index is 2.20. The molecule has 0 aromatic heterocycles. The second-order valence-electron chi connectivity index (χ2n) is 5.00. The van der Waals surface area contributed by atoms with Crippen LogP contribution in [-0.2, 0) is 4.79 Å². The number of rotatable bonds is 3. The maximum Gasteiger partial charge on any atom is 0.358 e. The molecule has 0 spiro atoms. The van der Waals surface area contributed by atoms with Crippen LogP contribution in [0.4, 0.5) is 5.69 Å². The van der Waals surface area contributed by atoms with E-state index in [0.29, 0.717) is 0 Å². The summed E-state index contributed by atoms with van der Waals surface area (Å²) < 4.78 is 2.87. The molecule has 104 valence electrons. The van der Waals surface area contributed by atoms with Gasteiger partial charge in [0.05, 0.1) is 0 Å². The van der Waals surface area contributed by atoms with Crippen molar-refractivity contribution in [2.75, 3.05) is 5.32 Å². The Kier molecular flexibility index (Phi) is 4.81. The topological polar surface area (TPSA) is 29.1 Å². The maximum atomic E-state index is 11.0. The lowest BCUT2D eigenvalue weighted by molar-refractivity contribution is -0.598. The lowest BCUT2D eigenvalue weighted by Gasteiger charge is -2.02. The molecule has 2 nitrogen and oxygen atoms in total. The van der Waals surface area contributed by atoms with Crippen molar-refractivity contribution >= 4 is 11.6 Å². The van der Waals surface area contributed by atoms with Crippen LogP contribution in [-0.4, -0.2) is 5.91 Å². The first-order valence-corrected chi connectivity index (χ1v) is 8.72. The lowest BCUT2D eigenvalue weighted by atomic mass is 10.1. The summed E-state index contributed by atoms with van der Waals surface area (Å²) >= 11 is -0.174. The van der Waals surface area contributed by atoms with Crippen LogP contribution in [0.25, 0.3) is 0 Å². The summed E-state index contributed by atoms with van der Waals surface area (Å²) in [6.07, 6.45) is 0. The fourth-order valence-electron chi connectivity index (χ4n) is 2.22. The predicted octanol–water partition coefficient (Wildman–Crippen LogP) is 0.699. The Hall–Kier alpha value is -1.36. The van der Waals surface area contributed by atoms with Gasteiger partial charge < -0.3 is 5.32 Å². The van der Waals surface area contributed by atoms with Gasteiger partial charge in [-0.05, 0) is 45.0 Å². The van der Waals surface area contributed by atoms with Crippen LogP contribution < -0.4 is 26.5 Å². The summed E-state index contributed by atoms with van der Waals surface area (Å²) in [7, 11) is 0. The number of benzene rings is 2. The van der Waals surface area contributed by atoms with E-state index in [-0.39, 0.29) is 27.1 Å². The van der Waals surface area contributed by atoms with E-state index >= 15 is 0 Å². The van der Waals surface area contributed by atoms with Gasteiger partial charge in [0.25, 0.3) is 0 Å². The van der Waals surface area contributed by atoms with Crippen LogP contribution in [0.15, 0.2) is 36.4 Å². The third kappa shape index (κ3) is 3.82. The molecular weight excluding hydrogens is 361 g/mol. The standard InChI is InChI=1S/C17H18INO/c1-11-9-12(2)17(13(3)10-11)18-15-5-7-16(8-6-15)19-14(4)20/h5-10H,1-4H3/p+1. The Morgan fingerprint density at radius 1 is 1.00 bits per heavy atom. The van der Waals surface area contributed by atoms with Crippen molar-refractivity contribution in [1.29, 1.82) is 0 Å². The summed E-state index contributed by atoms with van der Waals surface area (Å²) in [5, 5.41) is 2.80. The first kappa shape index (κ1) is 15.0. The Morgan fingerprint density at radius 2 is 1.55 bits per heavy atom. The van der Waals surface area contributed by atoms with E-state index in [9.17, 15) is 4.79 Å². The van der Waals surface area contributed by atoms with Gasteiger partial charge in [-0.1, -0.05) is 17.7 Å². The minimum Gasteiger partial charge on any atom is -0.326 e. The maximum absolute atomic E-state index is 11.0. The second-order valence-corrected chi connectivity index (χ2v) is 7.86. The highest BCUT2D eigenvalue weighted by Gasteiger charge is 2.21. The highest BCUT2D eigenvalue weighted by Crippen LogP contribution is 2.08. The van der Waals surface area contributed by atoms with E-state index < -0.39 is 0 Å². The average Bonchev–Trinajstić information content (AvgIpc) is 2.35. The molecule has 0 heterocycles. The Morgan fingerprint density at radius 3 is 2.05 bits per heavy atom. The zero-order valence-electron chi connectivity index (χ0n) is 12.3. The second kappa shape index (κ2) is 6.39. The average molecular weight is 380 g/mol. The number of anilines is 1. The molecular formula is C17H19INO+. The first-order chi connectivity index (χ1) is 9.45. The van der Waals surface area contributed by atoms with Gasteiger partial charge in [0.2, 0.25) is 5.91 Å². The Bertz CT molecular complexity index is 609. The summed E-state index contributed by atoms with van der Waals surface area (Å²) in [6, 6.07) is 12.7. The van der Waals surface area contributed by atoms with E-state index in [2.05, 4.69) is 50.4 Å². The molecule has 0 unspecified atom stereocenters. The number of amides is 1. The zero-order valence-corrected chi connectivity index (χ0v) is 14.4. The van der Waals surface area contributed by atoms with Crippen molar-refractivity contribution in [3.8, 4) is 0 Å². The molecule has 20 heavy (non-hydrogen) atoms. The number of aryl methyl sites for hydroxylation is 3. The van der Waals surface area contributed by atoms with E-state index in [1.807, 2.05) is 12.1 Å². The SMILES string of the molecule is CC(=O)Nc1ccc([I+]c2c(C)cc(C)cc2C)cc1. The first-order valence-electron chi connectivity index (χ1n) is 6.56. The summed E-state index contributed by atoms with van der Waals surface area (Å²) in [5.74, 6) is -0.0299. The fraction of sp³-hybridized carbons (Fsp3) is 0.235. The molecule has 0 bridgehead atoms. The number of halogens is 1. The van der Waals surface area contributed by atoms with E-state index in [1.54, 1.807) is 0 Å². The smallest absolute Gasteiger partial charge is 0.326 e. The van der Waals surface area contributed by atoms with E-state index in [1.165, 1.54) is 30.8 Å². The van der Waals surface area contributed by atoms with Gasteiger partial charge in [0.1, 0.15) is 0 Å². The van der Waals surface area contributed by atoms with Crippen LogP contribution in [0.3, 0.4) is 0 Å². The van der Waals surface area contributed by atoms with Crippen molar-refractivity contribution in [2.45, 2.75) is 27.7 Å². The predicted molar refractivity (Wildman–Crippen MR) is 78.8 cm³/mol. The van der Waals surface area contributed by atoms with Crippen molar-refractivity contribution in [3.05, 3.63) is 60.2 Å². The number of hydrogen-bond donors (Lipinski definition) is 1. The highest BCUT2D eigenvalue weighted by atomic mass is 127. The van der Waals surface area contributed by atoms with Crippen LogP contribution in [0, 0.1) is 27.9 Å². The normalized spacial score (nSPS) is 10.4. The molecule has 2 aromatic carbocycles. The third-order valence-electron chi connectivity index (χ3n) is 2.95. The molecule has 0 atom stereocenters. The van der Waals surface area contributed by atoms with Crippen molar-refractivity contribution in [1.82, 2.24) is 0 Å². The number of nitrogens with one attached hydrogen (secondary N) is 1. The lowest BCUT2D eigenvalue weighted by Crippen LogP contribution is -3.62. The monoisotopic (exact) mass is 380 g/mol. The molecule has 0 saturated heterocycles. The van der Waals surface area contributed by atoms with Gasteiger partial charge >= 0.3 is 21.2 Å². The van der Waals surface area contributed by atoms with Crippen molar-refractivity contribution < 1.29 is 26.0 Å².